The Hall–Kier alpha value is -1.94. The van der Waals surface area contributed by atoms with Gasteiger partial charge in [0.2, 0.25) is 5.91 Å². The second-order valence-electron chi connectivity index (χ2n) is 6.32. The molecule has 0 spiro atoms. The lowest BCUT2D eigenvalue weighted by Gasteiger charge is -2.18. The molecule has 23 heavy (non-hydrogen) atoms. The summed E-state index contributed by atoms with van der Waals surface area (Å²) < 4.78 is 14.3. The fraction of sp³-hybridized carbons (Fsp3) is 0.211. The molecule has 0 aliphatic heterocycles. The number of rotatable bonds is 3. The van der Waals surface area contributed by atoms with E-state index >= 15 is 0 Å². The van der Waals surface area contributed by atoms with Crippen molar-refractivity contribution in [3.63, 3.8) is 0 Å². The van der Waals surface area contributed by atoms with Crippen LogP contribution in [-0.2, 0) is 10.2 Å². The van der Waals surface area contributed by atoms with Gasteiger partial charge in [-0.2, -0.15) is 0 Å². The monoisotopic (exact) mass is 375 g/mol. The first-order chi connectivity index (χ1) is 10.8. The van der Waals surface area contributed by atoms with Crippen LogP contribution in [0.2, 0.25) is 0 Å². The molecule has 0 saturated heterocycles. The van der Waals surface area contributed by atoms with Crippen LogP contribution in [0.4, 0.5) is 10.1 Å². The molecule has 2 rings (SSSR count). The maximum atomic E-state index is 13.7. The number of anilines is 1. The Bertz CT molecular complexity index is 730. The summed E-state index contributed by atoms with van der Waals surface area (Å²) in [6.45, 7) is 6.45. The maximum absolute atomic E-state index is 13.7. The van der Waals surface area contributed by atoms with E-state index < -0.39 is 5.82 Å². The zero-order valence-corrected chi connectivity index (χ0v) is 14.9. The minimum absolute atomic E-state index is 0.0960. The topological polar surface area (TPSA) is 29.1 Å². The van der Waals surface area contributed by atoms with Crippen LogP contribution in [0, 0.1) is 5.82 Å². The zero-order chi connectivity index (χ0) is 17.0. The lowest BCUT2D eigenvalue weighted by molar-refractivity contribution is -0.111. The van der Waals surface area contributed by atoms with Gasteiger partial charge in [0.1, 0.15) is 5.82 Å². The van der Waals surface area contributed by atoms with Crippen molar-refractivity contribution in [1.82, 2.24) is 0 Å². The number of carbonyl (C=O) groups excluding carboxylic acids is 1. The van der Waals surface area contributed by atoms with E-state index in [2.05, 4.69) is 42.0 Å². The van der Waals surface area contributed by atoms with E-state index in [1.165, 1.54) is 23.8 Å². The van der Waals surface area contributed by atoms with E-state index in [4.69, 9.17) is 0 Å². The molecule has 0 fully saturated rings. The smallest absolute Gasteiger partial charge is 0.248 e. The molecule has 2 aromatic carbocycles. The Morgan fingerprint density at radius 3 is 2.35 bits per heavy atom. The molecular weight excluding hydrogens is 357 g/mol. The Morgan fingerprint density at radius 1 is 1.13 bits per heavy atom. The molecule has 0 aliphatic rings. The fourth-order valence-electron chi connectivity index (χ4n) is 2.03. The lowest BCUT2D eigenvalue weighted by atomic mass is 9.87. The van der Waals surface area contributed by atoms with Crippen molar-refractivity contribution in [2.45, 2.75) is 26.2 Å². The quantitative estimate of drug-likeness (QED) is 0.701. The summed E-state index contributed by atoms with van der Waals surface area (Å²) in [5, 5.41) is 2.52. The van der Waals surface area contributed by atoms with Gasteiger partial charge < -0.3 is 5.32 Å². The van der Waals surface area contributed by atoms with Gasteiger partial charge in [-0.1, -0.05) is 61.0 Å². The van der Waals surface area contributed by atoms with Crippen molar-refractivity contribution in [3.8, 4) is 0 Å². The normalized spacial score (nSPS) is 11.7. The predicted octanol–water partition coefficient (Wildman–Crippen LogP) is 5.54. The van der Waals surface area contributed by atoms with Gasteiger partial charge in [0.05, 0.1) is 5.69 Å². The molecule has 0 aromatic heterocycles. The van der Waals surface area contributed by atoms with Crippen LogP contribution in [0.15, 0.2) is 53.0 Å². The molecule has 0 heterocycles. The lowest BCUT2D eigenvalue weighted by Crippen LogP contribution is -2.10. The Morgan fingerprint density at radius 2 is 1.78 bits per heavy atom. The minimum atomic E-state index is -0.476. The average Bonchev–Trinajstić information content (AvgIpc) is 2.47. The van der Waals surface area contributed by atoms with E-state index in [0.29, 0.717) is 4.47 Å². The second kappa shape index (κ2) is 7.09. The molecule has 0 atom stereocenters. The molecule has 1 N–H and O–H groups in total. The van der Waals surface area contributed by atoms with Crippen LogP contribution in [0.25, 0.3) is 6.08 Å². The van der Waals surface area contributed by atoms with Gasteiger partial charge in [-0.15, -0.1) is 0 Å². The molecular formula is C19H19BrFNO. The first-order valence-electron chi connectivity index (χ1n) is 7.30. The fourth-order valence-corrected chi connectivity index (χ4v) is 2.36. The Balaban J connectivity index is 2.03. The standard InChI is InChI=1S/C19H19BrFNO/c1-19(2,3)14-7-4-13(5-8-14)6-11-18(23)22-17-10-9-15(20)12-16(17)21/h4-12H,1-3H3,(H,22,23). The number of halogens is 2. The van der Waals surface area contributed by atoms with Gasteiger partial charge in [0.15, 0.2) is 0 Å². The summed E-state index contributed by atoms with van der Waals surface area (Å²) in [7, 11) is 0. The average molecular weight is 376 g/mol. The van der Waals surface area contributed by atoms with Gasteiger partial charge in [0, 0.05) is 10.5 Å². The largest absolute Gasteiger partial charge is 0.320 e. The molecule has 2 aromatic rings. The number of nitrogens with one attached hydrogen (secondary N) is 1. The summed E-state index contributed by atoms with van der Waals surface area (Å²) in [5.74, 6) is -0.846. The van der Waals surface area contributed by atoms with Crippen molar-refractivity contribution in [2.75, 3.05) is 5.32 Å². The Labute approximate surface area is 144 Å². The van der Waals surface area contributed by atoms with Crippen molar-refractivity contribution in [1.29, 1.82) is 0 Å². The third-order valence-corrected chi connectivity index (χ3v) is 3.89. The molecule has 4 heteroatoms. The number of benzene rings is 2. The number of hydrogen-bond acceptors (Lipinski definition) is 1. The number of hydrogen-bond donors (Lipinski definition) is 1. The van der Waals surface area contributed by atoms with Gasteiger partial charge in [-0.05, 0) is 40.8 Å². The first-order valence-corrected chi connectivity index (χ1v) is 8.10. The molecule has 1 amide bonds. The highest BCUT2D eigenvalue weighted by atomic mass is 79.9. The molecule has 0 aliphatic carbocycles. The van der Waals surface area contributed by atoms with E-state index in [0.717, 1.165) is 5.56 Å². The highest BCUT2D eigenvalue weighted by Gasteiger charge is 2.12. The zero-order valence-electron chi connectivity index (χ0n) is 13.4. The van der Waals surface area contributed by atoms with Crippen molar-refractivity contribution in [2.24, 2.45) is 0 Å². The van der Waals surface area contributed by atoms with Crippen molar-refractivity contribution >= 4 is 33.6 Å². The first kappa shape index (κ1) is 17.4. The van der Waals surface area contributed by atoms with Crippen LogP contribution in [-0.4, -0.2) is 5.91 Å². The van der Waals surface area contributed by atoms with E-state index in [9.17, 15) is 9.18 Å². The van der Waals surface area contributed by atoms with E-state index in [1.54, 1.807) is 12.1 Å². The van der Waals surface area contributed by atoms with Crippen molar-refractivity contribution < 1.29 is 9.18 Å². The Kier molecular flexibility index (Phi) is 5.37. The summed E-state index contributed by atoms with van der Waals surface area (Å²) in [6.07, 6.45) is 3.10. The van der Waals surface area contributed by atoms with Gasteiger partial charge in [-0.3, -0.25) is 4.79 Å². The summed E-state index contributed by atoms with van der Waals surface area (Å²) in [6, 6.07) is 12.5. The number of amides is 1. The van der Waals surface area contributed by atoms with E-state index in [1.807, 2.05) is 24.3 Å². The van der Waals surface area contributed by atoms with Crippen LogP contribution in [0.1, 0.15) is 31.9 Å². The minimum Gasteiger partial charge on any atom is -0.320 e. The van der Waals surface area contributed by atoms with Crippen LogP contribution in [0.5, 0.6) is 0 Å². The van der Waals surface area contributed by atoms with Gasteiger partial charge in [0.25, 0.3) is 0 Å². The van der Waals surface area contributed by atoms with Gasteiger partial charge in [-0.25, -0.2) is 4.39 Å². The van der Waals surface area contributed by atoms with Crippen molar-refractivity contribution in [3.05, 3.63) is 70.0 Å². The molecule has 2 nitrogen and oxygen atoms in total. The van der Waals surface area contributed by atoms with E-state index in [-0.39, 0.29) is 17.0 Å². The summed E-state index contributed by atoms with van der Waals surface area (Å²) in [4.78, 5) is 11.9. The molecule has 0 unspecified atom stereocenters. The third kappa shape index (κ3) is 5.03. The van der Waals surface area contributed by atoms with Crippen LogP contribution < -0.4 is 5.32 Å². The second-order valence-corrected chi connectivity index (χ2v) is 7.23. The highest BCUT2D eigenvalue weighted by Crippen LogP contribution is 2.22. The molecule has 120 valence electrons. The predicted molar refractivity (Wildman–Crippen MR) is 96.9 cm³/mol. The van der Waals surface area contributed by atoms with Crippen LogP contribution in [0.3, 0.4) is 0 Å². The SMILES string of the molecule is CC(C)(C)c1ccc(C=CC(=O)Nc2ccc(Br)cc2F)cc1. The highest BCUT2D eigenvalue weighted by molar-refractivity contribution is 9.10. The number of carbonyl (C=O) groups is 1. The maximum Gasteiger partial charge on any atom is 0.248 e. The molecule has 0 bridgehead atoms. The summed E-state index contributed by atoms with van der Waals surface area (Å²) >= 11 is 3.18. The third-order valence-electron chi connectivity index (χ3n) is 3.39. The molecule has 0 saturated carbocycles. The van der Waals surface area contributed by atoms with Gasteiger partial charge >= 0.3 is 0 Å². The molecule has 0 radical (unpaired) electrons. The summed E-state index contributed by atoms with van der Waals surface area (Å²) in [5.41, 5.74) is 2.41. The van der Waals surface area contributed by atoms with Crippen LogP contribution >= 0.6 is 15.9 Å².